The molecule has 0 spiro atoms. The summed E-state index contributed by atoms with van der Waals surface area (Å²) in [4.78, 5) is 10.8. The minimum Gasteiger partial charge on any atom is -0.383 e. The number of anilines is 1. The van der Waals surface area contributed by atoms with Crippen LogP contribution in [0.1, 0.15) is 13.8 Å². The van der Waals surface area contributed by atoms with Gasteiger partial charge in [0, 0.05) is 12.6 Å². The number of H-pyrrole nitrogens is 1. The molecule has 0 saturated heterocycles. The number of hydrogen-bond donors (Lipinski definition) is 2. The molecule has 2 N–H and O–H groups in total. The van der Waals surface area contributed by atoms with E-state index in [1.165, 1.54) is 6.07 Å². The van der Waals surface area contributed by atoms with Crippen LogP contribution < -0.4 is 10.9 Å². The molecule has 12 heavy (non-hydrogen) atoms. The van der Waals surface area contributed by atoms with Crippen LogP contribution in [0, 0.1) is 5.92 Å². The van der Waals surface area contributed by atoms with E-state index in [1.807, 2.05) is 0 Å². The zero-order chi connectivity index (χ0) is 8.97. The first-order valence-electron chi connectivity index (χ1n) is 3.97. The number of aromatic nitrogens is 2. The molecule has 0 radical (unpaired) electrons. The molecule has 0 aliphatic heterocycles. The Bertz CT molecular complexity index is 292. The molecule has 1 rings (SSSR count). The van der Waals surface area contributed by atoms with Crippen molar-refractivity contribution < 1.29 is 0 Å². The van der Waals surface area contributed by atoms with E-state index < -0.39 is 0 Å². The second kappa shape index (κ2) is 3.90. The molecule has 66 valence electrons. The molecule has 4 heteroatoms. The smallest absolute Gasteiger partial charge is 0.266 e. The summed E-state index contributed by atoms with van der Waals surface area (Å²) >= 11 is 0. The normalized spacial score (nSPS) is 10.2. The van der Waals surface area contributed by atoms with Crippen molar-refractivity contribution in [1.82, 2.24) is 10.2 Å². The molecular weight excluding hydrogens is 154 g/mol. The Kier molecular flexibility index (Phi) is 2.85. The summed E-state index contributed by atoms with van der Waals surface area (Å²) in [6, 6.07) is 1.50. The Morgan fingerprint density at radius 3 is 3.00 bits per heavy atom. The molecule has 0 aromatic carbocycles. The number of hydrogen-bond acceptors (Lipinski definition) is 3. The fourth-order valence-corrected chi connectivity index (χ4v) is 0.795. The molecule has 0 bridgehead atoms. The van der Waals surface area contributed by atoms with Gasteiger partial charge in [-0.3, -0.25) is 4.79 Å². The first-order valence-corrected chi connectivity index (χ1v) is 3.97. The topological polar surface area (TPSA) is 57.8 Å². The van der Waals surface area contributed by atoms with Crippen molar-refractivity contribution in [2.45, 2.75) is 13.8 Å². The molecule has 0 fully saturated rings. The van der Waals surface area contributed by atoms with Crippen LogP contribution in [-0.4, -0.2) is 16.7 Å². The van der Waals surface area contributed by atoms with Crippen molar-refractivity contribution in [3.63, 3.8) is 0 Å². The average molecular weight is 167 g/mol. The van der Waals surface area contributed by atoms with Gasteiger partial charge in [-0.1, -0.05) is 13.8 Å². The predicted octanol–water partition coefficient (Wildman–Crippen LogP) is 0.838. The van der Waals surface area contributed by atoms with Gasteiger partial charge in [-0.25, -0.2) is 5.10 Å². The van der Waals surface area contributed by atoms with E-state index in [4.69, 9.17) is 0 Å². The molecular formula is C8H13N3O. The van der Waals surface area contributed by atoms with Gasteiger partial charge < -0.3 is 5.32 Å². The summed E-state index contributed by atoms with van der Waals surface area (Å²) in [6.45, 7) is 5.06. The first-order chi connectivity index (χ1) is 5.68. The van der Waals surface area contributed by atoms with Crippen molar-refractivity contribution >= 4 is 5.69 Å². The van der Waals surface area contributed by atoms with E-state index in [9.17, 15) is 4.79 Å². The summed E-state index contributed by atoms with van der Waals surface area (Å²) in [7, 11) is 0. The number of nitrogens with one attached hydrogen (secondary N) is 2. The van der Waals surface area contributed by atoms with Gasteiger partial charge in [0.1, 0.15) is 0 Å². The lowest BCUT2D eigenvalue weighted by Crippen LogP contribution is -2.12. The highest BCUT2D eigenvalue weighted by molar-refractivity contribution is 5.38. The Hall–Kier alpha value is -1.32. The van der Waals surface area contributed by atoms with Crippen LogP contribution in [0.15, 0.2) is 17.1 Å². The van der Waals surface area contributed by atoms with Crippen LogP contribution in [0.3, 0.4) is 0 Å². The molecule has 1 aromatic heterocycles. The van der Waals surface area contributed by atoms with E-state index >= 15 is 0 Å². The maximum absolute atomic E-state index is 10.8. The molecule has 4 nitrogen and oxygen atoms in total. The third-order valence-electron chi connectivity index (χ3n) is 1.38. The third kappa shape index (κ3) is 2.74. The summed E-state index contributed by atoms with van der Waals surface area (Å²) in [5.74, 6) is 0.560. The summed E-state index contributed by atoms with van der Waals surface area (Å²) in [6.07, 6.45) is 1.60. The zero-order valence-corrected chi connectivity index (χ0v) is 7.29. The molecule has 0 aliphatic carbocycles. The maximum atomic E-state index is 10.8. The van der Waals surface area contributed by atoms with E-state index in [0.717, 1.165) is 12.2 Å². The van der Waals surface area contributed by atoms with E-state index in [2.05, 4.69) is 29.4 Å². The fourth-order valence-electron chi connectivity index (χ4n) is 0.795. The molecule has 0 saturated carbocycles. The quantitative estimate of drug-likeness (QED) is 0.701. The van der Waals surface area contributed by atoms with Crippen LogP contribution in [0.4, 0.5) is 5.69 Å². The van der Waals surface area contributed by atoms with Gasteiger partial charge in [0.15, 0.2) is 0 Å². The standard InChI is InChI=1S/C8H13N3O/c1-6(2)4-9-7-3-8(12)11-10-5-7/h3,5-6H,4H2,1-2H3,(H2,9,11,12). The number of aromatic amines is 1. The Morgan fingerprint density at radius 2 is 2.42 bits per heavy atom. The van der Waals surface area contributed by atoms with Gasteiger partial charge in [-0.2, -0.15) is 5.10 Å². The Morgan fingerprint density at radius 1 is 1.67 bits per heavy atom. The highest BCUT2D eigenvalue weighted by atomic mass is 16.1. The van der Waals surface area contributed by atoms with Gasteiger partial charge >= 0.3 is 0 Å². The van der Waals surface area contributed by atoms with Crippen molar-refractivity contribution in [3.05, 3.63) is 22.6 Å². The van der Waals surface area contributed by atoms with Gasteiger partial charge in [0.05, 0.1) is 11.9 Å². The number of rotatable bonds is 3. The summed E-state index contributed by atoms with van der Waals surface area (Å²) < 4.78 is 0. The van der Waals surface area contributed by atoms with E-state index in [0.29, 0.717) is 5.92 Å². The highest BCUT2D eigenvalue weighted by Gasteiger charge is 1.95. The second-order valence-corrected chi connectivity index (χ2v) is 3.11. The Balaban J connectivity index is 2.58. The van der Waals surface area contributed by atoms with Crippen LogP contribution in [0.5, 0.6) is 0 Å². The molecule has 0 amide bonds. The van der Waals surface area contributed by atoms with E-state index in [1.54, 1.807) is 6.20 Å². The van der Waals surface area contributed by atoms with Gasteiger partial charge in [0.25, 0.3) is 5.56 Å². The van der Waals surface area contributed by atoms with Crippen molar-refractivity contribution in [2.75, 3.05) is 11.9 Å². The van der Waals surface area contributed by atoms with Gasteiger partial charge in [-0.15, -0.1) is 0 Å². The second-order valence-electron chi connectivity index (χ2n) is 3.11. The van der Waals surface area contributed by atoms with E-state index in [-0.39, 0.29) is 5.56 Å². The van der Waals surface area contributed by atoms with Gasteiger partial charge in [-0.05, 0) is 5.92 Å². The lowest BCUT2D eigenvalue weighted by atomic mass is 10.2. The minimum absolute atomic E-state index is 0.177. The zero-order valence-electron chi connectivity index (χ0n) is 7.29. The van der Waals surface area contributed by atoms with Crippen LogP contribution in [-0.2, 0) is 0 Å². The molecule has 0 atom stereocenters. The van der Waals surface area contributed by atoms with Crippen molar-refractivity contribution in [2.24, 2.45) is 5.92 Å². The third-order valence-corrected chi connectivity index (χ3v) is 1.38. The average Bonchev–Trinajstić information content (AvgIpc) is 2.01. The van der Waals surface area contributed by atoms with Crippen LogP contribution in [0.2, 0.25) is 0 Å². The highest BCUT2D eigenvalue weighted by Crippen LogP contribution is 2.00. The molecule has 1 heterocycles. The van der Waals surface area contributed by atoms with Crippen LogP contribution >= 0.6 is 0 Å². The predicted molar refractivity (Wildman–Crippen MR) is 48.2 cm³/mol. The SMILES string of the molecule is CC(C)CNc1cn[nH]c(=O)c1. The molecule has 0 unspecified atom stereocenters. The van der Waals surface area contributed by atoms with Crippen molar-refractivity contribution in [1.29, 1.82) is 0 Å². The lowest BCUT2D eigenvalue weighted by molar-refractivity contribution is 0.688. The Labute approximate surface area is 71.0 Å². The molecule has 0 aliphatic rings. The summed E-state index contributed by atoms with van der Waals surface area (Å²) in [5, 5.41) is 9.08. The monoisotopic (exact) mass is 167 g/mol. The van der Waals surface area contributed by atoms with Crippen molar-refractivity contribution in [3.8, 4) is 0 Å². The number of nitrogens with zero attached hydrogens (tertiary/aromatic N) is 1. The lowest BCUT2D eigenvalue weighted by Gasteiger charge is -2.06. The van der Waals surface area contributed by atoms with Crippen LogP contribution in [0.25, 0.3) is 0 Å². The largest absolute Gasteiger partial charge is 0.383 e. The fraction of sp³-hybridized carbons (Fsp3) is 0.500. The molecule has 1 aromatic rings. The minimum atomic E-state index is -0.177. The summed E-state index contributed by atoms with van der Waals surface area (Å²) in [5.41, 5.74) is 0.594. The maximum Gasteiger partial charge on any atom is 0.266 e. The van der Waals surface area contributed by atoms with Gasteiger partial charge in [0.2, 0.25) is 0 Å². The first kappa shape index (κ1) is 8.77.